The molecule has 0 radical (unpaired) electrons. The Morgan fingerprint density at radius 3 is 2.72 bits per heavy atom. The molecule has 1 aliphatic rings. The smallest absolute Gasteiger partial charge is 0.265 e. The molecule has 1 aromatic rings. The molecule has 98 valence electrons. The zero-order valence-corrected chi connectivity index (χ0v) is 10.2. The van der Waals surface area contributed by atoms with Crippen LogP contribution in [0.2, 0.25) is 0 Å². The van der Waals surface area contributed by atoms with Crippen LogP contribution in [0.15, 0.2) is 12.1 Å². The second kappa shape index (κ2) is 5.32. The molecule has 0 aromatic heterocycles. The quantitative estimate of drug-likeness (QED) is 0.761. The van der Waals surface area contributed by atoms with Crippen LogP contribution in [0.5, 0.6) is 0 Å². The van der Waals surface area contributed by atoms with Crippen molar-refractivity contribution in [2.45, 2.75) is 6.92 Å². The summed E-state index contributed by atoms with van der Waals surface area (Å²) in [4.78, 5) is 11.9. The minimum atomic E-state index is -0.470. The normalized spacial score (nSPS) is 16.6. The number of hydrogen-bond donors (Lipinski definition) is 2. The summed E-state index contributed by atoms with van der Waals surface area (Å²) in [5, 5.41) is 1.75. The van der Waals surface area contributed by atoms with Gasteiger partial charge in [0, 0.05) is 29.9 Å². The van der Waals surface area contributed by atoms with Crippen molar-refractivity contribution in [1.29, 1.82) is 0 Å². The van der Waals surface area contributed by atoms with Crippen molar-refractivity contribution in [3.63, 3.8) is 0 Å². The number of nitrogen functional groups attached to an aromatic ring is 1. The number of hydrogen-bond acceptors (Lipinski definition) is 4. The number of amides is 1. The molecule has 0 spiro atoms. The molecule has 1 aromatic carbocycles. The van der Waals surface area contributed by atoms with E-state index in [-0.39, 0.29) is 17.2 Å². The zero-order chi connectivity index (χ0) is 13.1. The van der Waals surface area contributed by atoms with Gasteiger partial charge < -0.3 is 10.5 Å². The van der Waals surface area contributed by atoms with Gasteiger partial charge in [0.05, 0.1) is 13.2 Å². The average molecular weight is 253 g/mol. The number of ether oxygens (including phenoxy) is 1. The van der Waals surface area contributed by atoms with Crippen LogP contribution in [0.25, 0.3) is 0 Å². The number of carbonyl (C=O) groups is 1. The number of hydrazine groups is 1. The fraction of sp³-hybridized carbons (Fsp3) is 0.417. The Bertz CT molecular complexity index is 436. The number of benzene rings is 1. The first-order valence-corrected chi connectivity index (χ1v) is 5.77. The number of morpholine rings is 1. The lowest BCUT2D eigenvalue weighted by Gasteiger charge is -2.27. The molecule has 3 N–H and O–H groups in total. The summed E-state index contributed by atoms with van der Waals surface area (Å²) in [6.07, 6.45) is 0. The van der Waals surface area contributed by atoms with Gasteiger partial charge in [-0.1, -0.05) is 0 Å². The van der Waals surface area contributed by atoms with Crippen LogP contribution in [-0.4, -0.2) is 37.2 Å². The molecule has 0 saturated carbocycles. The van der Waals surface area contributed by atoms with E-state index in [1.54, 1.807) is 11.9 Å². The maximum Gasteiger partial charge on any atom is 0.265 e. The molecular formula is C12H16FN3O2. The van der Waals surface area contributed by atoms with Crippen molar-refractivity contribution >= 4 is 11.6 Å². The molecule has 18 heavy (non-hydrogen) atoms. The summed E-state index contributed by atoms with van der Waals surface area (Å²) >= 11 is 0. The number of nitrogens with two attached hydrogens (primary N) is 1. The van der Waals surface area contributed by atoms with Crippen LogP contribution in [0, 0.1) is 12.7 Å². The largest absolute Gasteiger partial charge is 0.398 e. The van der Waals surface area contributed by atoms with Gasteiger partial charge in [0.25, 0.3) is 5.91 Å². The third kappa shape index (κ3) is 2.77. The predicted octanol–water partition coefficient (Wildman–Crippen LogP) is 0.693. The van der Waals surface area contributed by atoms with E-state index in [0.717, 1.165) is 0 Å². The lowest BCUT2D eigenvalue weighted by molar-refractivity contribution is 0.0126. The summed E-state index contributed by atoms with van der Waals surface area (Å²) in [6, 6.07) is 2.68. The topological polar surface area (TPSA) is 67.6 Å². The first-order chi connectivity index (χ1) is 8.58. The van der Waals surface area contributed by atoms with Crippen LogP contribution < -0.4 is 11.2 Å². The highest BCUT2D eigenvalue weighted by molar-refractivity contribution is 5.94. The summed E-state index contributed by atoms with van der Waals surface area (Å²) in [5.41, 5.74) is 9.20. The van der Waals surface area contributed by atoms with Crippen molar-refractivity contribution in [1.82, 2.24) is 10.4 Å². The summed E-state index contributed by atoms with van der Waals surface area (Å²) in [7, 11) is 0. The van der Waals surface area contributed by atoms with Gasteiger partial charge >= 0.3 is 0 Å². The maximum atomic E-state index is 13.5. The number of nitrogens with one attached hydrogen (secondary N) is 1. The summed E-state index contributed by atoms with van der Waals surface area (Å²) in [5.74, 6) is -0.829. The Morgan fingerprint density at radius 1 is 1.44 bits per heavy atom. The molecular weight excluding hydrogens is 237 g/mol. The van der Waals surface area contributed by atoms with E-state index >= 15 is 0 Å². The van der Waals surface area contributed by atoms with E-state index in [1.807, 2.05) is 0 Å². The highest BCUT2D eigenvalue weighted by atomic mass is 19.1. The highest BCUT2D eigenvalue weighted by Gasteiger charge is 2.16. The molecule has 1 fully saturated rings. The Kier molecular flexibility index (Phi) is 3.78. The van der Waals surface area contributed by atoms with Crippen LogP contribution in [0.1, 0.15) is 15.9 Å². The van der Waals surface area contributed by atoms with Crippen LogP contribution >= 0.6 is 0 Å². The number of nitrogens with zero attached hydrogens (tertiary/aromatic N) is 1. The Balaban J connectivity index is 2.08. The van der Waals surface area contributed by atoms with Gasteiger partial charge in [-0.15, -0.1) is 0 Å². The third-order valence-corrected chi connectivity index (χ3v) is 2.92. The second-order valence-electron chi connectivity index (χ2n) is 4.21. The van der Waals surface area contributed by atoms with Crippen molar-refractivity contribution in [2.24, 2.45) is 0 Å². The Labute approximate surface area is 105 Å². The molecule has 6 heteroatoms. The Morgan fingerprint density at radius 2 is 2.11 bits per heavy atom. The minimum absolute atomic E-state index is 0.224. The van der Waals surface area contributed by atoms with E-state index in [9.17, 15) is 9.18 Å². The monoisotopic (exact) mass is 253 g/mol. The molecule has 2 rings (SSSR count). The fourth-order valence-corrected chi connectivity index (χ4v) is 1.71. The molecule has 0 aliphatic carbocycles. The SMILES string of the molecule is Cc1c(N)cc(C(=O)NN2CCOCC2)cc1F. The molecule has 0 atom stereocenters. The molecule has 1 aliphatic heterocycles. The summed E-state index contributed by atoms with van der Waals surface area (Å²) in [6.45, 7) is 3.97. The second-order valence-corrected chi connectivity index (χ2v) is 4.21. The first-order valence-electron chi connectivity index (χ1n) is 5.77. The highest BCUT2D eigenvalue weighted by Crippen LogP contribution is 2.17. The van der Waals surface area contributed by atoms with Crippen molar-refractivity contribution in [2.75, 3.05) is 32.0 Å². The molecule has 1 heterocycles. The standard InChI is InChI=1S/C12H16FN3O2/c1-8-10(13)6-9(7-11(8)14)12(17)15-16-2-4-18-5-3-16/h6-7H,2-5,14H2,1H3,(H,15,17). The molecule has 5 nitrogen and oxygen atoms in total. The van der Waals surface area contributed by atoms with Gasteiger partial charge in [-0.25, -0.2) is 9.40 Å². The van der Waals surface area contributed by atoms with E-state index < -0.39 is 5.82 Å². The lowest BCUT2D eigenvalue weighted by atomic mass is 10.1. The minimum Gasteiger partial charge on any atom is -0.398 e. The fourth-order valence-electron chi connectivity index (χ4n) is 1.71. The third-order valence-electron chi connectivity index (χ3n) is 2.92. The maximum absolute atomic E-state index is 13.5. The molecule has 0 unspecified atom stereocenters. The van der Waals surface area contributed by atoms with E-state index in [4.69, 9.17) is 10.5 Å². The van der Waals surface area contributed by atoms with Gasteiger partial charge in [0.1, 0.15) is 5.82 Å². The molecule has 1 amide bonds. The van der Waals surface area contributed by atoms with Crippen LogP contribution in [0.4, 0.5) is 10.1 Å². The van der Waals surface area contributed by atoms with E-state index in [0.29, 0.717) is 31.9 Å². The molecule has 1 saturated heterocycles. The number of anilines is 1. The number of carbonyl (C=O) groups excluding carboxylic acids is 1. The summed E-state index contributed by atoms with van der Waals surface area (Å²) < 4.78 is 18.7. The van der Waals surface area contributed by atoms with Crippen molar-refractivity contribution in [3.05, 3.63) is 29.1 Å². The number of halogens is 1. The molecule has 0 bridgehead atoms. The zero-order valence-electron chi connectivity index (χ0n) is 10.2. The average Bonchev–Trinajstić information content (AvgIpc) is 2.36. The van der Waals surface area contributed by atoms with Crippen LogP contribution in [0.3, 0.4) is 0 Å². The van der Waals surface area contributed by atoms with Gasteiger partial charge in [-0.05, 0) is 19.1 Å². The van der Waals surface area contributed by atoms with E-state index in [1.165, 1.54) is 12.1 Å². The number of rotatable bonds is 2. The first kappa shape index (κ1) is 12.8. The van der Waals surface area contributed by atoms with Gasteiger partial charge in [0.2, 0.25) is 0 Å². The van der Waals surface area contributed by atoms with Gasteiger partial charge in [-0.2, -0.15) is 0 Å². The lowest BCUT2D eigenvalue weighted by Crippen LogP contribution is -2.48. The van der Waals surface area contributed by atoms with Gasteiger partial charge in [0.15, 0.2) is 0 Å². The predicted molar refractivity (Wildman–Crippen MR) is 65.4 cm³/mol. The van der Waals surface area contributed by atoms with E-state index in [2.05, 4.69) is 5.43 Å². The Hall–Kier alpha value is -1.66. The van der Waals surface area contributed by atoms with Crippen molar-refractivity contribution < 1.29 is 13.9 Å². The van der Waals surface area contributed by atoms with Gasteiger partial charge in [-0.3, -0.25) is 10.2 Å². The van der Waals surface area contributed by atoms with Crippen LogP contribution in [-0.2, 0) is 4.74 Å². The van der Waals surface area contributed by atoms with Crippen molar-refractivity contribution in [3.8, 4) is 0 Å².